The van der Waals surface area contributed by atoms with E-state index < -0.39 is 13.0 Å². The van der Waals surface area contributed by atoms with Crippen LogP contribution in [0.25, 0.3) is 10.9 Å². The van der Waals surface area contributed by atoms with Crippen molar-refractivity contribution in [1.29, 1.82) is 0 Å². The summed E-state index contributed by atoms with van der Waals surface area (Å²) < 4.78 is 30.9. The molecule has 0 spiro atoms. The highest BCUT2D eigenvalue weighted by atomic mass is 15.2. The van der Waals surface area contributed by atoms with Crippen LogP contribution in [0, 0.1) is 0 Å². The van der Waals surface area contributed by atoms with E-state index in [0.717, 1.165) is 16.5 Å². The van der Waals surface area contributed by atoms with Crippen LogP contribution in [0.3, 0.4) is 0 Å². The van der Waals surface area contributed by atoms with E-state index in [2.05, 4.69) is 4.98 Å². The van der Waals surface area contributed by atoms with Crippen LogP contribution >= 0.6 is 0 Å². The van der Waals surface area contributed by atoms with Crippen molar-refractivity contribution >= 4 is 10.9 Å². The number of nitrogens with zero attached hydrogens (tertiary/aromatic N) is 1. The summed E-state index contributed by atoms with van der Waals surface area (Å²) in [5.74, 6) is 0. The van der Waals surface area contributed by atoms with Crippen LogP contribution in [-0.4, -0.2) is 29.4 Å². The van der Waals surface area contributed by atoms with Gasteiger partial charge in [0.1, 0.15) is 0 Å². The summed E-state index contributed by atoms with van der Waals surface area (Å²) in [5, 5.41) is 1.13. The summed E-state index contributed by atoms with van der Waals surface area (Å²) in [6.07, 6.45) is 2.52. The Kier molecular flexibility index (Phi) is 1.41. The van der Waals surface area contributed by atoms with Crippen LogP contribution in [0.5, 0.6) is 0 Å². The number of likely N-dealkylation sites (tertiary alicyclic amines) is 1. The second-order valence-electron chi connectivity index (χ2n) is 3.75. The molecule has 0 saturated carbocycles. The number of benzene rings is 1. The van der Waals surface area contributed by atoms with E-state index in [9.17, 15) is 0 Å². The monoisotopic (exact) mass is 204 g/mol. The number of hydrogen-bond acceptors (Lipinski definition) is 1. The topological polar surface area (TPSA) is 19.0 Å². The minimum absolute atomic E-state index is 0.0477. The van der Waals surface area contributed by atoms with Crippen molar-refractivity contribution in [2.75, 3.05) is 19.5 Å². The average molecular weight is 204 g/mol. The second-order valence-corrected chi connectivity index (χ2v) is 3.75. The van der Waals surface area contributed by atoms with Gasteiger partial charge in [-0.25, -0.2) is 0 Å². The first-order chi connectivity index (χ1) is 8.90. The SMILES string of the molecule is [2H]C1([2H])CC([2H])([2H])N1CCc1c[nH]c2ccccc12. The van der Waals surface area contributed by atoms with Crippen molar-refractivity contribution in [2.45, 2.75) is 12.8 Å². The Bertz CT molecular complexity index is 591. The molecule has 1 aromatic heterocycles. The zero-order valence-electron chi connectivity index (χ0n) is 12.5. The fraction of sp³-hybridized carbons (Fsp3) is 0.385. The molecule has 1 fully saturated rings. The molecule has 2 heterocycles. The average Bonchev–Trinajstić information content (AvgIpc) is 2.71. The van der Waals surface area contributed by atoms with Gasteiger partial charge >= 0.3 is 0 Å². The van der Waals surface area contributed by atoms with E-state index in [0.29, 0.717) is 13.0 Å². The third-order valence-corrected chi connectivity index (χ3v) is 2.82. The van der Waals surface area contributed by atoms with Crippen molar-refractivity contribution in [3.63, 3.8) is 0 Å². The van der Waals surface area contributed by atoms with Crippen molar-refractivity contribution in [3.05, 3.63) is 36.0 Å². The Balaban J connectivity index is 1.76. The lowest BCUT2D eigenvalue weighted by Crippen LogP contribution is -2.38. The number of para-hydroxylation sites is 1. The molecule has 78 valence electrons. The number of fused-ring (bicyclic) bond motifs is 1. The number of aromatic nitrogens is 1. The maximum Gasteiger partial charge on any atom is 0.0456 e. The molecule has 3 rings (SSSR count). The van der Waals surface area contributed by atoms with Gasteiger partial charge in [0, 0.05) is 29.1 Å². The van der Waals surface area contributed by atoms with Crippen LogP contribution in [0.4, 0.5) is 0 Å². The molecule has 1 N–H and O–H groups in total. The summed E-state index contributed by atoms with van der Waals surface area (Å²) in [4.78, 5) is 4.49. The van der Waals surface area contributed by atoms with Gasteiger partial charge in [-0.15, -0.1) is 0 Å². The molecular weight excluding hydrogens is 184 g/mol. The fourth-order valence-corrected chi connectivity index (χ4v) is 1.92. The maximum absolute atomic E-state index is 7.72. The molecule has 0 amide bonds. The number of H-pyrrole nitrogens is 1. The number of nitrogens with one attached hydrogen (secondary N) is 1. The first-order valence-corrected chi connectivity index (χ1v) is 5.23. The minimum atomic E-state index is -1.52. The molecule has 0 atom stereocenters. The number of aromatic amines is 1. The van der Waals surface area contributed by atoms with E-state index in [1.54, 1.807) is 0 Å². The lowest BCUT2D eigenvalue weighted by molar-refractivity contribution is 0.184. The van der Waals surface area contributed by atoms with Crippen LogP contribution in [0.1, 0.15) is 17.5 Å². The minimum Gasteiger partial charge on any atom is -0.361 e. The second kappa shape index (κ2) is 3.70. The van der Waals surface area contributed by atoms with Crippen LogP contribution < -0.4 is 0 Å². The van der Waals surface area contributed by atoms with Gasteiger partial charge in [0.05, 0.1) is 0 Å². The van der Waals surface area contributed by atoms with Gasteiger partial charge in [0.15, 0.2) is 0 Å². The lowest BCUT2D eigenvalue weighted by Gasteiger charge is -2.30. The molecule has 1 saturated heterocycles. The quantitative estimate of drug-likeness (QED) is 0.813. The van der Waals surface area contributed by atoms with E-state index >= 15 is 0 Å². The molecule has 1 aliphatic heterocycles. The lowest BCUT2D eigenvalue weighted by atomic mass is 10.1. The smallest absolute Gasteiger partial charge is 0.0456 e. The van der Waals surface area contributed by atoms with Gasteiger partial charge in [-0.05, 0) is 37.5 Å². The summed E-state index contributed by atoms with van der Waals surface area (Å²) in [5.41, 5.74) is 2.17. The van der Waals surface area contributed by atoms with Gasteiger partial charge in [-0.2, -0.15) is 0 Å². The number of hydrogen-bond donors (Lipinski definition) is 1. The highest BCUT2D eigenvalue weighted by molar-refractivity contribution is 5.83. The van der Waals surface area contributed by atoms with Gasteiger partial charge in [0.25, 0.3) is 0 Å². The Morgan fingerprint density at radius 1 is 1.33 bits per heavy atom. The van der Waals surface area contributed by atoms with Gasteiger partial charge in [-0.1, -0.05) is 18.2 Å². The number of rotatable bonds is 3. The molecular formula is C13H16N2. The Hall–Kier alpha value is -1.28. The molecule has 1 aromatic carbocycles. The maximum atomic E-state index is 7.72. The largest absolute Gasteiger partial charge is 0.361 e. The molecule has 0 aliphatic carbocycles. The third-order valence-electron chi connectivity index (χ3n) is 2.82. The van der Waals surface area contributed by atoms with E-state index in [-0.39, 0.29) is 6.42 Å². The van der Waals surface area contributed by atoms with Crippen molar-refractivity contribution in [1.82, 2.24) is 9.88 Å². The molecule has 2 heteroatoms. The highest BCUT2D eigenvalue weighted by Crippen LogP contribution is 2.19. The molecule has 15 heavy (non-hydrogen) atoms. The van der Waals surface area contributed by atoms with E-state index in [1.807, 2.05) is 30.5 Å². The zero-order chi connectivity index (χ0) is 13.7. The molecule has 0 radical (unpaired) electrons. The molecule has 0 bridgehead atoms. The third kappa shape index (κ3) is 1.65. The predicted molar refractivity (Wildman–Crippen MR) is 63.1 cm³/mol. The normalized spacial score (nSPS) is 27.5. The van der Waals surface area contributed by atoms with Crippen LogP contribution in [-0.2, 0) is 6.42 Å². The van der Waals surface area contributed by atoms with Crippen molar-refractivity contribution < 1.29 is 5.48 Å². The van der Waals surface area contributed by atoms with Gasteiger partial charge in [0.2, 0.25) is 0 Å². The standard InChI is InChI=1S/C13H16N2/c1-2-5-13-12(4-1)11(10-14-13)6-9-15-7-3-8-15/h1-2,4-5,10,14H,3,6-9H2/i7D2,8D2. The summed E-state index contributed by atoms with van der Waals surface area (Å²) in [6.45, 7) is -2.65. The van der Waals surface area contributed by atoms with E-state index in [1.165, 1.54) is 4.90 Å². The van der Waals surface area contributed by atoms with Crippen molar-refractivity contribution in [3.8, 4) is 0 Å². The van der Waals surface area contributed by atoms with Crippen molar-refractivity contribution in [2.24, 2.45) is 0 Å². The first-order valence-electron chi connectivity index (χ1n) is 7.23. The predicted octanol–water partition coefficient (Wildman–Crippen LogP) is 2.42. The fourth-order valence-electron chi connectivity index (χ4n) is 1.92. The summed E-state index contributed by atoms with van der Waals surface area (Å²) in [6, 6.07) is 7.97. The Morgan fingerprint density at radius 3 is 3.07 bits per heavy atom. The Labute approximate surface area is 95.5 Å². The molecule has 2 nitrogen and oxygen atoms in total. The Morgan fingerprint density at radius 2 is 2.20 bits per heavy atom. The van der Waals surface area contributed by atoms with Gasteiger partial charge in [-0.3, -0.25) is 0 Å². The van der Waals surface area contributed by atoms with Gasteiger partial charge < -0.3 is 9.88 Å². The molecule has 2 aromatic rings. The highest BCUT2D eigenvalue weighted by Gasteiger charge is 2.13. The first kappa shape index (κ1) is 5.71. The molecule has 1 aliphatic rings. The van der Waals surface area contributed by atoms with Crippen LogP contribution in [0.15, 0.2) is 30.5 Å². The summed E-state index contributed by atoms with van der Waals surface area (Å²) in [7, 11) is 0. The zero-order valence-corrected chi connectivity index (χ0v) is 8.46. The van der Waals surface area contributed by atoms with E-state index in [4.69, 9.17) is 5.48 Å². The van der Waals surface area contributed by atoms with Crippen LogP contribution in [0.2, 0.25) is 0 Å². The molecule has 0 unspecified atom stereocenters. The summed E-state index contributed by atoms with van der Waals surface area (Å²) >= 11 is 0.